The van der Waals surface area contributed by atoms with Crippen LogP contribution in [-0.2, 0) is 0 Å². The molecule has 2 aromatic heterocycles. The van der Waals surface area contributed by atoms with Gasteiger partial charge in [0.25, 0.3) is 0 Å². The van der Waals surface area contributed by atoms with Gasteiger partial charge < -0.3 is 5.11 Å². The van der Waals surface area contributed by atoms with Crippen LogP contribution in [-0.4, -0.2) is 20.5 Å². The van der Waals surface area contributed by atoms with Gasteiger partial charge in [-0.3, -0.25) is 4.40 Å². The number of carboxylic acid groups (broad SMARTS) is 1. The van der Waals surface area contributed by atoms with Crippen LogP contribution in [0.1, 0.15) is 59.8 Å². The van der Waals surface area contributed by atoms with E-state index in [1.54, 1.807) is 10.6 Å². The average Bonchev–Trinajstić information content (AvgIpc) is 2.79. The number of carboxylic acids is 1. The van der Waals surface area contributed by atoms with Crippen molar-refractivity contribution in [3.05, 3.63) is 34.2 Å². The van der Waals surface area contributed by atoms with E-state index in [9.17, 15) is 9.90 Å². The van der Waals surface area contributed by atoms with Gasteiger partial charge in [0.1, 0.15) is 5.65 Å². The van der Waals surface area contributed by atoms with Gasteiger partial charge in [-0.25, -0.2) is 9.78 Å². The first-order valence-electron chi connectivity index (χ1n) is 6.99. The van der Waals surface area contributed by atoms with Crippen LogP contribution in [0.15, 0.2) is 12.3 Å². The van der Waals surface area contributed by atoms with Gasteiger partial charge in [-0.2, -0.15) is 0 Å². The molecule has 2 heterocycles. The zero-order valence-electron chi connectivity index (χ0n) is 11.4. The predicted molar refractivity (Wildman–Crippen MR) is 77.7 cm³/mol. The third-order valence-electron chi connectivity index (χ3n) is 4.09. The Morgan fingerprint density at radius 2 is 2.10 bits per heavy atom. The molecule has 0 amide bonds. The largest absolute Gasteiger partial charge is 0.477 e. The molecule has 0 aromatic carbocycles. The Kier molecular flexibility index (Phi) is 3.42. The molecule has 0 atom stereocenters. The third-order valence-corrected chi connectivity index (χ3v) is 4.30. The van der Waals surface area contributed by atoms with Crippen molar-refractivity contribution in [2.45, 2.75) is 44.9 Å². The van der Waals surface area contributed by atoms with Gasteiger partial charge in [-0.1, -0.05) is 30.9 Å². The maximum Gasteiger partial charge on any atom is 0.354 e. The number of pyridine rings is 1. The first-order valence-corrected chi connectivity index (χ1v) is 7.37. The summed E-state index contributed by atoms with van der Waals surface area (Å²) in [6.07, 6.45) is 7.23. The molecule has 2 aromatic rings. The Bertz CT molecular complexity index is 672. The maximum atomic E-state index is 11.7. The Balaban J connectivity index is 2.22. The average molecular weight is 293 g/mol. The second-order valence-corrected chi connectivity index (χ2v) is 5.96. The standard InChI is InChI=1S/C15H17ClN2O2/c1-9-7-11(16)8-18-13(15(19)20)12(17-14(9)18)10-5-3-2-4-6-10/h7-8,10H,2-6H2,1H3,(H,19,20). The van der Waals surface area contributed by atoms with E-state index in [1.165, 1.54) is 6.42 Å². The summed E-state index contributed by atoms with van der Waals surface area (Å²) in [5.74, 6) is -0.673. The summed E-state index contributed by atoms with van der Waals surface area (Å²) in [7, 11) is 0. The molecule has 5 heteroatoms. The predicted octanol–water partition coefficient (Wildman–Crippen LogP) is 4.04. The Morgan fingerprint density at radius 1 is 1.40 bits per heavy atom. The number of hydrogen-bond acceptors (Lipinski definition) is 2. The molecule has 1 saturated carbocycles. The molecule has 0 radical (unpaired) electrons. The number of rotatable bonds is 2. The molecule has 1 aliphatic carbocycles. The van der Waals surface area contributed by atoms with E-state index in [0.29, 0.717) is 10.7 Å². The van der Waals surface area contributed by atoms with Crippen LogP contribution in [0, 0.1) is 6.92 Å². The zero-order valence-corrected chi connectivity index (χ0v) is 12.2. The first-order chi connectivity index (χ1) is 9.58. The van der Waals surface area contributed by atoms with Gasteiger partial charge in [-0.05, 0) is 31.4 Å². The van der Waals surface area contributed by atoms with Crippen LogP contribution in [0.4, 0.5) is 0 Å². The summed E-state index contributed by atoms with van der Waals surface area (Å²) in [5, 5.41) is 10.1. The fraction of sp³-hybridized carbons (Fsp3) is 0.467. The lowest BCUT2D eigenvalue weighted by molar-refractivity contribution is 0.0687. The minimum atomic E-state index is -0.931. The smallest absolute Gasteiger partial charge is 0.354 e. The molecule has 0 aliphatic heterocycles. The molecule has 0 saturated heterocycles. The van der Waals surface area contributed by atoms with E-state index in [0.717, 1.165) is 36.9 Å². The fourth-order valence-corrected chi connectivity index (χ4v) is 3.42. The monoisotopic (exact) mass is 292 g/mol. The minimum Gasteiger partial charge on any atom is -0.477 e. The highest BCUT2D eigenvalue weighted by Crippen LogP contribution is 2.35. The second-order valence-electron chi connectivity index (χ2n) is 5.52. The van der Waals surface area contributed by atoms with Crippen LogP contribution in [0.2, 0.25) is 5.02 Å². The summed E-state index contributed by atoms with van der Waals surface area (Å²) in [6.45, 7) is 1.91. The van der Waals surface area contributed by atoms with Crippen LogP contribution in [0.5, 0.6) is 0 Å². The van der Waals surface area contributed by atoms with E-state index in [2.05, 4.69) is 4.98 Å². The fourth-order valence-electron chi connectivity index (χ4n) is 3.16. The highest BCUT2D eigenvalue weighted by molar-refractivity contribution is 6.30. The van der Waals surface area contributed by atoms with Crippen molar-refractivity contribution in [2.75, 3.05) is 0 Å². The minimum absolute atomic E-state index is 0.257. The quantitative estimate of drug-likeness (QED) is 0.909. The summed E-state index contributed by atoms with van der Waals surface area (Å²) >= 11 is 6.05. The normalized spacial score (nSPS) is 16.7. The lowest BCUT2D eigenvalue weighted by atomic mass is 9.86. The second kappa shape index (κ2) is 5.09. The highest BCUT2D eigenvalue weighted by Gasteiger charge is 2.27. The van der Waals surface area contributed by atoms with Crippen LogP contribution in [0.3, 0.4) is 0 Å². The van der Waals surface area contributed by atoms with Crippen molar-refractivity contribution >= 4 is 23.2 Å². The van der Waals surface area contributed by atoms with Crippen LogP contribution < -0.4 is 0 Å². The van der Waals surface area contributed by atoms with E-state index in [-0.39, 0.29) is 11.6 Å². The Hall–Kier alpha value is -1.55. The van der Waals surface area contributed by atoms with Crippen molar-refractivity contribution < 1.29 is 9.90 Å². The van der Waals surface area contributed by atoms with Gasteiger partial charge in [-0.15, -0.1) is 0 Å². The van der Waals surface area contributed by atoms with Gasteiger partial charge in [0, 0.05) is 12.1 Å². The van der Waals surface area contributed by atoms with Gasteiger partial charge in [0.2, 0.25) is 0 Å². The van der Waals surface area contributed by atoms with E-state index >= 15 is 0 Å². The summed E-state index contributed by atoms with van der Waals surface area (Å²) in [4.78, 5) is 16.3. The van der Waals surface area contributed by atoms with E-state index in [1.807, 2.05) is 13.0 Å². The third kappa shape index (κ3) is 2.18. The Labute approximate surface area is 122 Å². The number of halogens is 1. The van der Waals surface area contributed by atoms with Crippen molar-refractivity contribution in [3.63, 3.8) is 0 Å². The van der Waals surface area contributed by atoms with Crippen LogP contribution >= 0.6 is 11.6 Å². The van der Waals surface area contributed by atoms with Gasteiger partial charge in [0.05, 0.1) is 10.7 Å². The summed E-state index contributed by atoms with van der Waals surface area (Å²) in [5.41, 5.74) is 2.61. The topological polar surface area (TPSA) is 54.6 Å². The van der Waals surface area contributed by atoms with Gasteiger partial charge in [0.15, 0.2) is 5.69 Å². The molecule has 4 nitrogen and oxygen atoms in total. The maximum absolute atomic E-state index is 11.7. The molecule has 0 bridgehead atoms. The molecule has 0 unspecified atom stereocenters. The summed E-state index contributed by atoms with van der Waals surface area (Å²) < 4.78 is 1.63. The lowest BCUT2D eigenvalue weighted by Gasteiger charge is -2.20. The van der Waals surface area contributed by atoms with Crippen molar-refractivity contribution in [1.29, 1.82) is 0 Å². The number of hydrogen-bond donors (Lipinski definition) is 1. The molecule has 1 aliphatic rings. The molecule has 20 heavy (non-hydrogen) atoms. The SMILES string of the molecule is Cc1cc(Cl)cn2c(C(=O)O)c(C3CCCCC3)nc12. The number of aryl methyl sites for hydroxylation is 1. The molecule has 3 rings (SSSR count). The van der Waals surface area contributed by atoms with Crippen molar-refractivity contribution in [3.8, 4) is 0 Å². The molecule has 1 N–H and O–H groups in total. The van der Waals surface area contributed by atoms with E-state index < -0.39 is 5.97 Å². The zero-order chi connectivity index (χ0) is 14.3. The number of nitrogens with zero attached hydrogens (tertiary/aromatic N) is 2. The molecular weight excluding hydrogens is 276 g/mol. The molecule has 0 spiro atoms. The molecular formula is C15H17ClN2O2. The van der Waals surface area contributed by atoms with Crippen LogP contribution in [0.25, 0.3) is 5.65 Å². The number of aromatic nitrogens is 2. The first kappa shape index (κ1) is 13.4. The summed E-state index contributed by atoms with van der Waals surface area (Å²) in [6, 6.07) is 1.82. The number of carbonyl (C=O) groups is 1. The van der Waals surface area contributed by atoms with Crippen molar-refractivity contribution in [2.24, 2.45) is 0 Å². The van der Waals surface area contributed by atoms with Crippen molar-refractivity contribution in [1.82, 2.24) is 9.38 Å². The highest BCUT2D eigenvalue weighted by atomic mass is 35.5. The molecule has 1 fully saturated rings. The lowest BCUT2D eigenvalue weighted by Crippen LogP contribution is -2.11. The Morgan fingerprint density at radius 3 is 2.75 bits per heavy atom. The number of aromatic carboxylic acids is 1. The van der Waals surface area contributed by atoms with E-state index in [4.69, 9.17) is 11.6 Å². The van der Waals surface area contributed by atoms with Gasteiger partial charge >= 0.3 is 5.97 Å². The number of fused-ring (bicyclic) bond motifs is 1. The molecule has 106 valence electrons. The number of imidazole rings is 1.